The lowest BCUT2D eigenvalue weighted by Gasteiger charge is -2.08. The van der Waals surface area contributed by atoms with E-state index < -0.39 is 11.6 Å². The lowest BCUT2D eigenvalue weighted by atomic mass is 9.99. The van der Waals surface area contributed by atoms with E-state index in [0.29, 0.717) is 20.9 Å². The molecule has 0 aliphatic rings. The Morgan fingerprint density at radius 3 is 2.67 bits per heavy atom. The lowest BCUT2D eigenvalue weighted by Crippen LogP contribution is -2.06. The molecule has 1 heterocycles. The van der Waals surface area contributed by atoms with Crippen LogP contribution in [0.15, 0.2) is 53.1 Å². The van der Waals surface area contributed by atoms with Crippen molar-refractivity contribution in [3.8, 4) is 0 Å². The maximum Gasteiger partial charge on any atom is 0.196 e. The molecule has 3 aromatic rings. The number of fused-ring (bicyclic) bond motifs is 1. The number of hydrogen-bond acceptors (Lipinski definition) is 2. The summed E-state index contributed by atoms with van der Waals surface area (Å²) in [5.41, 5.74) is 1.03. The second kappa shape index (κ2) is 5.54. The molecule has 0 atom stereocenters. The van der Waals surface area contributed by atoms with Crippen molar-refractivity contribution in [2.75, 3.05) is 0 Å². The molecule has 0 saturated carbocycles. The first-order chi connectivity index (χ1) is 10.1. The molecule has 2 nitrogen and oxygen atoms in total. The number of carbonyl (C=O) groups is 1. The summed E-state index contributed by atoms with van der Waals surface area (Å²) in [7, 11) is 0. The number of halogens is 3. The van der Waals surface area contributed by atoms with Crippen LogP contribution in [-0.2, 0) is 0 Å². The number of para-hydroxylation sites is 1. The standard InChI is InChI=1S/C16H8BrClFNO/c17-12-6-5-11(15(19)14(12)18)16(21)10-7-8-20-13-4-2-1-3-9(10)13/h1-8H. The van der Waals surface area contributed by atoms with Gasteiger partial charge in [0.1, 0.15) is 0 Å². The zero-order chi connectivity index (χ0) is 15.0. The Morgan fingerprint density at radius 2 is 1.86 bits per heavy atom. The molecule has 21 heavy (non-hydrogen) atoms. The maximum atomic E-state index is 14.2. The van der Waals surface area contributed by atoms with Crippen molar-refractivity contribution < 1.29 is 9.18 Å². The first-order valence-electron chi connectivity index (χ1n) is 6.11. The van der Waals surface area contributed by atoms with E-state index in [4.69, 9.17) is 11.6 Å². The molecule has 0 saturated heterocycles. The summed E-state index contributed by atoms with van der Waals surface area (Å²) in [5.74, 6) is -1.14. The number of rotatable bonds is 2. The molecule has 0 amide bonds. The van der Waals surface area contributed by atoms with Gasteiger partial charge in [0.05, 0.1) is 16.1 Å². The quantitative estimate of drug-likeness (QED) is 0.472. The Hall–Kier alpha value is -1.78. The van der Waals surface area contributed by atoms with E-state index in [0.717, 1.165) is 0 Å². The van der Waals surface area contributed by atoms with E-state index in [2.05, 4.69) is 20.9 Å². The Morgan fingerprint density at radius 1 is 1.10 bits per heavy atom. The molecule has 3 rings (SSSR count). The van der Waals surface area contributed by atoms with Gasteiger partial charge in [0, 0.05) is 21.6 Å². The molecule has 5 heteroatoms. The van der Waals surface area contributed by atoms with Gasteiger partial charge >= 0.3 is 0 Å². The van der Waals surface area contributed by atoms with E-state index in [9.17, 15) is 9.18 Å². The third-order valence-electron chi connectivity index (χ3n) is 3.17. The Balaban J connectivity index is 2.20. The van der Waals surface area contributed by atoms with E-state index in [1.165, 1.54) is 12.3 Å². The fraction of sp³-hybridized carbons (Fsp3) is 0. The molecule has 0 radical (unpaired) electrons. The minimum absolute atomic E-state index is 0.0560. The van der Waals surface area contributed by atoms with Gasteiger partial charge in [-0.15, -0.1) is 0 Å². The second-order valence-corrected chi connectivity index (χ2v) is 5.66. The minimum Gasteiger partial charge on any atom is -0.288 e. The second-order valence-electron chi connectivity index (χ2n) is 4.43. The van der Waals surface area contributed by atoms with Crippen molar-refractivity contribution in [3.05, 3.63) is 75.1 Å². The highest BCUT2D eigenvalue weighted by Gasteiger charge is 2.19. The fourth-order valence-electron chi connectivity index (χ4n) is 2.14. The van der Waals surface area contributed by atoms with Gasteiger partial charge in [0.2, 0.25) is 0 Å². The summed E-state index contributed by atoms with van der Waals surface area (Å²) in [6.07, 6.45) is 1.54. The van der Waals surface area contributed by atoms with E-state index >= 15 is 0 Å². The van der Waals surface area contributed by atoms with Crippen LogP contribution >= 0.6 is 27.5 Å². The van der Waals surface area contributed by atoms with Gasteiger partial charge in [0.25, 0.3) is 0 Å². The summed E-state index contributed by atoms with van der Waals surface area (Å²) < 4.78 is 14.6. The van der Waals surface area contributed by atoms with Crippen molar-refractivity contribution in [1.82, 2.24) is 4.98 Å². The van der Waals surface area contributed by atoms with Crippen molar-refractivity contribution in [3.63, 3.8) is 0 Å². The predicted molar refractivity (Wildman–Crippen MR) is 84.3 cm³/mol. The molecular weight excluding hydrogens is 357 g/mol. The first-order valence-corrected chi connectivity index (χ1v) is 7.28. The molecule has 0 fully saturated rings. The Bertz CT molecular complexity index is 861. The van der Waals surface area contributed by atoms with Gasteiger partial charge < -0.3 is 0 Å². The number of ketones is 1. The highest BCUT2D eigenvalue weighted by molar-refractivity contribution is 9.10. The first kappa shape index (κ1) is 14.2. The highest BCUT2D eigenvalue weighted by atomic mass is 79.9. The largest absolute Gasteiger partial charge is 0.288 e. The van der Waals surface area contributed by atoms with Gasteiger partial charge in [0.15, 0.2) is 11.6 Å². The van der Waals surface area contributed by atoms with Crippen molar-refractivity contribution in [1.29, 1.82) is 0 Å². The number of benzene rings is 2. The molecule has 1 aromatic heterocycles. The highest BCUT2D eigenvalue weighted by Crippen LogP contribution is 2.29. The molecule has 0 bridgehead atoms. The molecular formula is C16H8BrClFNO. The van der Waals surface area contributed by atoms with Crippen LogP contribution in [0.4, 0.5) is 4.39 Å². The van der Waals surface area contributed by atoms with Crippen LogP contribution in [0.3, 0.4) is 0 Å². The van der Waals surface area contributed by atoms with E-state index in [1.54, 1.807) is 24.3 Å². The van der Waals surface area contributed by atoms with Crippen LogP contribution in [0.5, 0.6) is 0 Å². The summed E-state index contributed by atoms with van der Waals surface area (Å²) in [5, 5.41) is 0.586. The number of carbonyl (C=O) groups excluding carboxylic acids is 1. The zero-order valence-electron chi connectivity index (χ0n) is 10.6. The van der Waals surface area contributed by atoms with Crippen molar-refractivity contribution in [2.45, 2.75) is 0 Å². The predicted octanol–water partition coefficient (Wildman–Crippen LogP) is 5.02. The molecule has 104 valence electrons. The molecule has 0 unspecified atom stereocenters. The Labute approximate surface area is 133 Å². The number of aromatic nitrogens is 1. The smallest absolute Gasteiger partial charge is 0.196 e. The Kier molecular flexibility index (Phi) is 3.74. The maximum absolute atomic E-state index is 14.2. The minimum atomic E-state index is -0.725. The van der Waals surface area contributed by atoms with Gasteiger partial charge in [-0.3, -0.25) is 9.78 Å². The topological polar surface area (TPSA) is 30.0 Å². The average Bonchev–Trinajstić information content (AvgIpc) is 2.51. The van der Waals surface area contributed by atoms with E-state index in [-0.39, 0.29) is 10.6 Å². The van der Waals surface area contributed by atoms with Gasteiger partial charge in [-0.05, 0) is 40.2 Å². The molecule has 0 spiro atoms. The SMILES string of the molecule is O=C(c1ccc(Br)c(Cl)c1F)c1ccnc2ccccc12. The number of pyridine rings is 1. The van der Waals surface area contributed by atoms with Crippen molar-refractivity contribution in [2.24, 2.45) is 0 Å². The van der Waals surface area contributed by atoms with Crippen LogP contribution in [0, 0.1) is 5.82 Å². The average molecular weight is 365 g/mol. The summed E-state index contributed by atoms with van der Waals surface area (Å²) in [6.45, 7) is 0. The van der Waals surface area contributed by atoms with Crippen molar-refractivity contribution >= 4 is 44.2 Å². The van der Waals surface area contributed by atoms with E-state index in [1.807, 2.05) is 12.1 Å². The van der Waals surface area contributed by atoms with Gasteiger partial charge in [-0.1, -0.05) is 29.8 Å². The van der Waals surface area contributed by atoms with Crippen LogP contribution in [0.1, 0.15) is 15.9 Å². The van der Waals surface area contributed by atoms with Crippen LogP contribution in [-0.4, -0.2) is 10.8 Å². The monoisotopic (exact) mass is 363 g/mol. The molecule has 0 aliphatic carbocycles. The van der Waals surface area contributed by atoms with Crippen LogP contribution in [0.25, 0.3) is 10.9 Å². The summed E-state index contributed by atoms with van der Waals surface area (Å²) >= 11 is 8.98. The third kappa shape index (κ3) is 2.45. The summed E-state index contributed by atoms with van der Waals surface area (Å²) in [4.78, 5) is 16.8. The number of hydrogen-bond donors (Lipinski definition) is 0. The summed E-state index contributed by atoms with van der Waals surface area (Å²) in [6, 6.07) is 11.8. The molecule has 2 aromatic carbocycles. The normalized spacial score (nSPS) is 10.8. The van der Waals surface area contributed by atoms with Gasteiger partial charge in [-0.2, -0.15) is 0 Å². The van der Waals surface area contributed by atoms with Gasteiger partial charge in [-0.25, -0.2) is 4.39 Å². The lowest BCUT2D eigenvalue weighted by molar-refractivity contribution is 0.103. The van der Waals surface area contributed by atoms with Crippen LogP contribution in [0.2, 0.25) is 5.02 Å². The third-order valence-corrected chi connectivity index (χ3v) is 4.43. The van der Waals surface area contributed by atoms with Crippen LogP contribution < -0.4 is 0 Å². The zero-order valence-corrected chi connectivity index (χ0v) is 13.0. The number of nitrogens with zero attached hydrogens (tertiary/aromatic N) is 1. The fourth-order valence-corrected chi connectivity index (χ4v) is 2.61. The molecule has 0 N–H and O–H groups in total. The molecule has 0 aliphatic heterocycles.